The highest BCUT2D eigenvalue weighted by molar-refractivity contribution is 7.80. The van der Waals surface area contributed by atoms with Gasteiger partial charge in [0.05, 0.1) is 6.61 Å². The molecule has 1 atom stereocenters. The zero-order chi connectivity index (χ0) is 13.0. The molecule has 1 aromatic carbocycles. The van der Waals surface area contributed by atoms with Crippen molar-refractivity contribution in [2.45, 2.75) is 19.8 Å². The number of aryl methyl sites for hydroxylation is 1. The van der Waals surface area contributed by atoms with E-state index in [1.165, 1.54) is 12.0 Å². The Morgan fingerprint density at radius 3 is 3.06 bits per heavy atom. The van der Waals surface area contributed by atoms with Gasteiger partial charge in [-0.15, -0.1) is 0 Å². The lowest BCUT2D eigenvalue weighted by atomic mass is 10.0. The number of rotatable bonds is 4. The van der Waals surface area contributed by atoms with Crippen LogP contribution in [-0.4, -0.2) is 24.7 Å². The van der Waals surface area contributed by atoms with E-state index in [2.05, 4.69) is 18.3 Å². The van der Waals surface area contributed by atoms with Crippen LogP contribution in [0, 0.1) is 12.8 Å². The third-order valence-corrected chi connectivity index (χ3v) is 3.58. The molecule has 1 fully saturated rings. The topological polar surface area (TPSA) is 47.3 Å². The molecule has 0 amide bonds. The van der Waals surface area contributed by atoms with Crippen molar-refractivity contribution in [3.63, 3.8) is 0 Å². The fourth-order valence-corrected chi connectivity index (χ4v) is 2.49. The van der Waals surface area contributed by atoms with Gasteiger partial charge in [-0.25, -0.2) is 0 Å². The number of ether oxygens (including phenoxy) is 1. The highest BCUT2D eigenvalue weighted by atomic mass is 32.1. The van der Waals surface area contributed by atoms with Crippen molar-refractivity contribution in [2.75, 3.05) is 25.1 Å². The second kappa shape index (κ2) is 6.16. The lowest BCUT2D eigenvalue weighted by Crippen LogP contribution is -2.25. The molecule has 1 unspecified atom stereocenters. The summed E-state index contributed by atoms with van der Waals surface area (Å²) in [6.45, 7) is 4.74. The summed E-state index contributed by atoms with van der Waals surface area (Å²) < 4.78 is 5.49. The number of thiocarbonyl (C=S) groups is 1. The number of hydrogen-bond acceptors (Lipinski definition) is 3. The van der Waals surface area contributed by atoms with Gasteiger partial charge in [0.25, 0.3) is 0 Å². The van der Waals surface area contributed by atoms with E-state index >= 15 is 0 Å². The smallest absolute Gasteiger partial charge is 0.106 e. The minimum Gasteiger partial charge on any atom is -0.389 e. The van der Waals surface area contributed by atoms with Crippen LogP contribution in [-0.2, 0) is 4.74 Å². The van der Waals surface area contributed by atoms with Crippen molar-refractivity contribution in [1.29, 1.82) is 0 Å². The van der Waals surface area contributed by atoms with Crippen LogP contribution in [0.2, 0.25) is 0 Å². The molecule has 1 aliphatic heterocycles. The normalized spacial score (nSPS) is 19.5. The minimum absolute atomic E-state index is 0.445. The predicted molar refractivity (Wildman–Crippen MR) is 79.1 cm³/mol. The summed E-state index contributed by atoms with van der Waals surface area (Å²) in [4.78, 5) is 0.445. The Morgan fingerprint density at radius 2 is 2.39 bits per heavy atom. The third-order valence-electron chi connectivity index (χ3n) is 3.36. The van der Waals surface area contributed by atoms with Crippen LogP contribution < -0.4 is 11.1 Å². The van der Waals surface area contributed by atoms with Gasteiger partial charge in [0, 0.05) is 24.4 Å². The van der Waals surface area contributed by atoms with Crippen LogP contribution in [0.5, 0.6) is 0 Å². The molecule has 1 aromatic rings. The average Bonchev–Trinajstić information content (AvgIpc) is 2.38. The van der Waals surface area contributed by atoms with E-state index in [9.17, 15) is 0 Å². The number of hydrogen-bond donors (Lipinski definition) is 2. The molecule has 1 heterocycles. The number of para-hydroxylation sites is 1. The average molecular weight is 264 g/mol. The summed E-state index contributed by atoms with van der Waals surface area (Å²) in [5.41, 5.74) is 8.93. The van der Waals surface area contributed by atoms with E-state index in [1.54, 1.807) is 0 Å². The predicted octanol–water partition coefficient (Wildman–Crippen LogP) is 2.47. The molecule has 4 heteroatoms. The zero-order valence-corrected chi connectivity index (χ0v) is 11.6. The molecule has 0 aliphatic carbocycles. The van der Waals surface area contributed by atoms with Gasteiger partial charge in [0.2, 0.25) is 0 Å². The Morgan fingerprint density at radius 1 is 1.56 bits per heavy atom. The first-order valence-electron chi connectivity index (χ1n) is 6.39. The molecule has 18 heavy (non-hydrogen) atoms. The summed E-state index contributed by atoms with van der Waals surface area (Å²) in [6.07, 6.45) is 2.38. The van der Waals surface area contributed by atoms with Crippen molar-refractivity contribution in [1.82, 2.24) is 0 Å². The number of anilines is 1. The molecular formula is C14H20N2OS. The van der Waals surface area contributed by atoms with Gasteiger partial charge < -0.3 is 15.8 Å². The molecule has 0 aromatic heterocycles. The van der Waals surface area contributed by atoms with Crippen LogP contribution in [0.1, 0.15) is 24.0 Å². The standard InChI is InChI=1S/C14H20N2OS/c1-10-4-2-6-12(14(15)18)13(10)16-8-11-5-3-7-17-9-11/h2,4,6,11,16H,3,5,7-9H2,1H3,(H2,15,18). The monoisotopic (exact) mass is 264 g/mol. The summed E-state index contributed by atoms with van der Waals surface area (Å²) in [5, 5.41) is 3.49. The van der Waals surface area contributed by atoms with E-state index in [0.717, 1.165) is 37.4 Å². The molecule has 0 spiro atoms. The van der Waals surface area contributed by atoms with Gasteiger partial charge in [-0.05, 0) is 37.3 Å². The zero-order valence-electron chi connectivity index (χ0n) is 10.7. The lowest BCUT2D eigenvalue weighted by molar-refractivity contribution is 0.0595. The first-order chi connectivity index (χ1) is 8.68. The Kier molecular flexibility index (Phi) is 4.55. The molecule has 2 rings (SSSR count). The molecule has 3 nitrogen and oxygen atoms in total. The Labute approximate surface area is 114 Å². The second-order valence-corrected chi connectivity index (χ2v) is 5.27. The van der Waals surface area contributed by atoms with E-state index in [4.69, 9.17) is 22.7 Å². The second-order valence-electron chi connectivity index (χ2n) is 4.83. The maximum Gasteiger partial charge on any atom is 0.106 e. The maximum absolute atomic E-state index is 5.76. The van der Waals surface area contributed by atoms with E-state index in [-0.39, 0.29) is 0 Å². The van der Waals surface area contributed by atoms with Crippen LogP contribution in [0.15, 0.2) is 18.2 Å². The highest BCUT2D eigenvalue weighted by Crippen LogP contribution is 2.22. The van der Waals surface area contributed by atoms with E-state index in [0.29, 0.717) is 10.9 Å². The molecule has 1 aliphatic rings. The minimum atomic E-state index is 0.445. The van der Waals surface area contributed by atoms with Crippen molar-refractivity contribution in [3.05, 3.63) is 29.3 Å². The van der Waals surface area contributed by atoms with Crippen LogP contribution in [0.3, 0.4) is 0 Å². The van der Waals surface area contributed by atoms with Gasteiger partial charge in [0.15, 0.2) is 0 Å². The number of nitrogens with two attached hydrogens (primary N) is 1. The van der Waals surface area contributed by atoms with Gasteiger partial charge in [-0.2, -0.15) is 0 Å². The Hall–Kier alpha value is -1.13. The molecule has 3 N–H and O–H groups in total. The van der Waals surface area contributed by atoms with Crippen LogP contribution in [0.25, 0.3) is 0 Å². The van der Waals surface area contributed by atoms with Gasteiger partial charge in [-0.1, -0.05) is 24.4 Å². The van der Waals surface area contributed by atoms with Crippen molar-refractivity contribution in [2.24, 2.45) is 11.7 Å². The fourth-order valence-electron chi connectivity index (χ4n) is 2.32. The molecule has 0 bridgehead atoms. The Bertz CT molecular complexity index is 428. The SMILES string of the molecule is Cc1cccc(C(N)=S)c1NCC1CCCOC1. The summed E-state index contributed by atoms with van der Waals surface area (Å²) in [6, 6.07) is 6.02. The van der Waals surface area contributed by atoms with Crippen molar-refractivity contribution < 1.29 is 4.74 Å². The van der Waals surface area contributed by atoms with E-state index < -0.39 is 0 Å². The summed E-state index contributed by atoms with van der Waals surface area (Å²) >= 11 is 5.09. The summed E-state index contributed by atoms with van der Waals surface area (Å²) in [5.74, 6) is 0.581. The van der Waals surface area contributed by atoms with Crippen molar-refractivity contribution >= 4 is 22.9 Å². The molecular weight excluding hydrogens is 244 g/mol. The Balaban J connectivity index is 2.05. The van der Waals surface area contributed by atoms with E-state index in [1.807, 2.05) is 12.1 Å². The molecule has 0 radical (unpaired) electrons. The maximum atomic E-state index is 5.76. The molecule has 0 saturated carbocycles. The lowest BCUT2D eigenvalue weighted by Gasteiger charge is -2.24. The molecule has 1 saturated heterocycles. The number of benzene rings is 1. The first-order valence-corrected chi connectivity index (χ1v) is 6.80. The summed E-state index contributed by atoms with van der Waals surface area (Å²) in [7, 11) is 0. The van der Waals surface area contributed by atoms with Gasteiger partial charge >= 0.3 is 0 Å². The van der Waals surface area contributed by atoms with Crippen LogP contribution >= 0.6 is 12.2 Å². The molecule has 98 valence electrons. The van der Waals surface area contributed by atoms with Gasteiger partial charge in [0.1, 0.15) is 4.99 Å². The number of nitrogens with one attached hydrogen (secondary N) is 1. The van der Waals surface area contributed by atoms with Crippen LogP contribution in [0.4, 0.5) is 5.69 Å². The highest BCUT2D eigenvalue weighted by Gasteiger charge is 2.15. The largest absolute Gasteiger partial charge is 0.389 e. The first kappa shape index (κ1) is 13.3. The van der Waals surface area contributed by atoms with Crippen molar-refractivity contribution in [3.8, 4) is 0 Å². The van der Waals surface area contributed by atoms with Gasteiger partial charge in [-0.3, -0.25) is 0 Å². The third kappa shape index (κ3) is 3.21. The quantitative estimate of drug-likeness (QED) is 0.820. The fraction of sp³-hybridized carbons (Fsp3) is 0.500.